The quantitative estimate of drug-likeness (QED) is 0.797. The molecule has 110 valence electrons. The Morgan fingerprint density at radius 1 is 1.05 bits per heavy atom. The first-order valence-electron chi connectivity index (χ1n) is 7.64. The van der Waals surface area contributed by atoms with Crippen LogP contribution in [0.5, 0.6) is 0 Å². The molecule has 0 heterocycles. The number of hydrogen-bond donors (Lipinski definition) is 2. The SMILES string of the molecule is CC(C)c1ccc([C@@H](NC(=S)NC2CC2)C(C)C)cc1. The molecule has 1 aliphatic rings. The summed E-state index contributed by atoms with van der Waals surface area (Å²) in [4.78, 5) is 0. The van der Waals surface area contributed by atoms with E-state index in [1.54, 1.807) is 0 Å². The summed E-state index contributed by atoms with van der Waals surface area (Å²) in [5.74, 6) is 1.07. The summed E-state index contributed by atoms with van der Waals surface area (Å²) >= 11 is 5.41. The number of benzene rings is 1. The van der Waals surface area contributed by atoms with Gasteiger partial charge in [-0.3, -0.25) is 0 Å². The van der Waals surface area contributed by atoms with E-state index in [0.717, 1.165) is 5.11 Å². The summed E-state index contributed by atoms with van der Waals surface area (Å²) in [6.07, 6.45) is 2.49. The number of nitrogens with one attached hydrogen (secondary N) is 2. The Balaban J connectivity index is 2.04. The minimum Gasteiger partial charge on any atom is -0.360 e. The van der Waals surface area contributed by atoms with Crippen LogP contribution in [0.1, 0.15) is 63.6 Å². The predicted octanol–water partition coefficient (Wildman–Crippen LogP) is 4.13. The molecule has 0 spiro atoms. The molecule has 0 bridgehead atoms. The minimum atomic E-state index is 0.273. The zero-order valence-electron chi connectivity index (χ0n) is 12.9. The van der Waals surface area contributed by atoms with E-state index in [2.05, 4.69) is 62.6 Å². The maximum Gasteiger partial charge on any atom is 0.167 e. The zero-order valence-corrected chi connectivity index (χ0v) is 13.8. The fourth-order valence-corrected chi connectivity index (χ4v) is 2.61. The monoisotopic (exact) mass is 290 g/mol. The largest absolute Gasteiger partial charge is 0.360 e. The molecule has 1 aliphatic carbocycles. The number of hydrogen-bond acceptors (Lipinski definition) is 1. The van der Waals surface area contributed by atoms with Gasteiger partial charge in [0.25, 0.3) is 0 Å². The standard InChI is InChI=1S/C17H26N2S/c1-11(2)13-5-7-14(8-6-13)16(12(3)4)19-17(20)18-15-9-10-15/h5-8,11-12,15-16H,9-10H2,1-4H3,(H2,18,19,20)/t16-/m0/s1. The molecule has 1 atom stereocenters. The molecule has 0 aliphatic heterocycles. The molecule has 0 amide bonds. The highest BCUT2D eigenvalue weighted by molar-refractivity contribution is 7.80. The third-order valence-electron chi connectivity index (χ3n) is 3.83. The molecule has 0 aromatic heterocycles. The lowest BCUT2D eigenvalue weighted by Gasteiger charge is -2.25. The maximum atomic E-state index is 5.41. The van der Waals surface area contributed by atoms with E-state index in [-0.39, 0.29) is 6.04 Å². The van der Waals surface area contributed by atoms with Gasteiger partial charge in [-0.15, -0.1) is 0 Å². The molecule has 1 saturated carbocycles. The number of thiocarbonyl (C=S) groups is 1. The predicted molar refractivity (Wildman–Crippen MR) is 90.0 cm³/mol. The first-order chi connectivity index (χ1) is 9.47. The van der Waals surface area contributed by atoms with Gasteiger partial charge in [0.05, 0.1) is 6.04 Å². The Bertz CT molecular complexity index is 447. The smallest absolute Gasteiger partial charge is 0.167 e. The van der Waals surface area contributed by atoms with E-state index in [4.69, 9.17) is 12.2 Å². The van der Waals surface area contributed by atoms with E-state index in [0.29, 0.717) is 17.9 Å². The zero-order chi connectivity index (χ0) is 14.7. The lowest BCUT2D eigenvalue weighted by Crippen LogP contribution is -2.40. The van der Waals surface area contributed by atoms with Crippen LogP contribution in [0.25, 0.3) is 0 Å². The molecule has 0 saturated heterocycles. The molecule has 1 aromatic rings. The van der Waals surface area contributed by atoms with Gasteiger partial charge in [0.1, 0.15) is 0 Å². The maximum absolute atomic E-state index is 5.41. The fraction of sp³-hybridized carbons (Fsp3) is 0.588. The average molecular weight is 290 g/mol. The van der Waals surface area contributed by atoms with Gasteiger partial charge in [-0.1, -0.05) is 52.0 Å². The van der Waals surface area contributed by atoms with Crippen molar-refractivity contribution in [3.05, 3.63) is 35.4 Å². The van der Waals surface area contributed by atoms with Gasteiger partial charge in [-0.2, -0.15) is 0 Å². The number of rotatable bonds is 5. The Kier molecular flexibility index (Phi) is 5.03. The van der Waals surface area contributed by atoms with Crippen LogP contribution in [-0.2, 0) is 0 Å². The van der Waals surface area contributed by atoms with Gasteiger partial charge >= 0.3 is 0 Å². The fourth-order valence-electron chi connectivity index (χ4n) is 2.32. The van der Waals surface area contributed by atoms with Crippen LogP contribution in [0, 0.1) is 5.92 Å². The van der Waals surface area contributed by atoms with Gasteiger partial charge < -0.3 is 10.6 Å². The Labute approximate surface area is 128 Å². The topological polar surface area (TPSA) is 24.1 Å². The first kappa shape index (κ1) is 15.3. The Morgan fingerprint density at radius 3 is 2.05 bits per heavy atom. The van der Waals surface area contributed by atoms with E-state index in [9.17, 15) is 0 Å². The molecule has 2 N–H and O–H groups in total. The van der Waals surface area contributed by atoms with E-state index in [1.165, 1.54) is 24.0 Å². The van der Waals surface area contributed by atoms with Crippen molar-refractivity contribution in [3.8, 4) is 0 Å². The van der Waals surface area contributed by atoms with Gasteiger partial charge in [-0.25, -0.2) is 0 Å². The van der Waals surface area contributed by atoms with Crippen molar-refractivity contribution in [3.63, 3.8) is 0 Å². The van der Waals surface area contributed by atoms with Crippen molar-refractivity contribution in [2.24, 2.45) is 5.92 Å². The van der Waals surface area contributed by atoms with Crippen LogP contribution >= 0.6 is 12.2 Å². The van der Waals surface area contributed by atoms with Crippen molar-refractivity contribution >= 4 is 17.3 Å². The summed E-state index contributed by atoms with van der Waals surface area (Å²) in [7, 11) is 0. The second-order valence-corrected chi connectivity index (χ2v) is 6.84. The molecule has 20 heavy (non-hydrogen) atoms. The summed E-state index contributed by atoms with van der Waals surface area (Å²) in [5.41, 5.74) is 2.69. The third kappa shape index (κ3) is 4.20. The molecule has 2 rings (SSSR count). The first-order valence-corrected chi connectivity index (χ1v) is 8.05. The van der Waals surface area contributed by atoms with Crippen LogP contribution in [0.2, 0.25) is 0 Å². The summed E-state index contributed by atoms with van der Waals surface area (Å²) in [5, 5.41) is 7.62. The third-order valence-corrected chi connectivity index (χ3v) is 4.06. The van der Waals surface area contributed by atoms with Crippen molar-refractivity contribution in [2.75, 3.05) is 0 Å². The van der Waals surface area contributed by atoms with Crippen molar-refractivity contribution in [1.29, 1.82) is 0 Å². The lowest BCUT2D eigenvalue weighted by atomic mass is 9.93. The average Bonchev–Trinajstić information content (AvgIpc) is 3.19. The van der Waals surface area contributed by atoms with Gasteiger partial charge in [0.2, 0.25) is 0 Å². The van der Waals surface area contributed by atoms with E-state index >= 15 is 0 Å². The van der Waals surface area contributed by atoms with Crippen molar-refractivity contribution < 1.29 is 0 Å². The molecule has 1 fully saturated rings. The minimum absolute atomic E-state index is 0.273. The van der Waals surface area contributed by atoms with Crippen LogP contribution in [-0.4, -0.2) is 11.2 Å². The summed E-state index contributed by atoms with van der Waals surface area (Å²) in [6.45, 7) is 8.91. The molecule has 0 unspecified atom stereocenters. The highest BCUT2D eigenvalue weighted by atomic mass is 32.1. The molecule has 0 radical (unpaired) electrons. The molecule has 3 heteroatoms. The van der Waals surface area contributed by atoms with Crippen molar-refractivity contribution in [2.45, 2.75) is 58.5 Å². The van der Waals surface area contributed by atoms with Gasteiger partial charge in [-0.05, 0) is 48.0 Å². The summed E-state index contributed by atoms with van der Waals surface area (Å²) in [6, 6.07) is 9.79. The highest BCUT2D eigenvalue weighted by Gasteiger charge is 2.23. The normalized spacial score (nSPS) is 16.3. The second-order valence-electron chi connectivity index (χ2n) is 6.44. The van der Waals surface area contributed by atoms with Crippen LogP contribution in [0.4, 0.5) is 0 Å². The lowest BCUT2D eigenvalue weighted by molar-refractivity contribution is 0.468. The van der Waals surface area contributed by atoms with E-state index in [1.807, 2.05) is 0 Å². The van der Waals surface area contributed by atoms with Crippen LogP contribution in [0.15, 0.2) is 24.3 Å². The van der Waals surface area contributed by atoms with Crippen LogP contribution < -0.4 is 10.6 Å². The second kappa shape index (κ2) is 6.57. The molecular weight excluding hydrogens is 264 g/mol. The highest BCUT2D eigenvalue weighted by Crippen LogP contribution is 2.24. The van der Waals surface area contributed by atoms with Crippen LogP contribution in [0.3, 0.4) is 0 Å². The van der Waals surface area contributed by atoms with Crippen molar-refractivity contribution in [1.82, 2.24) is 10.6 Å². The Morgan fingerprint density at radius 2 is 1.60 bits per heavy atom. The summed E-state index contributed by atoms with van der Waals surface area (Å²) < 4.78 is 0. The van der Waals surface area contributed by atoms with E-state index < -0.39 is 0 Å². The van der Waals surface area contributed by atoms with Gasteiger partial charge in [0.15, 0.2) is 5.11 Å². The Hall–Kier alpha value is -1.09. The van der Waals surface area contributed by atoms with Gasteiger partial charge in [0, 0.05) is 6.04 Å². The molecule has 1 aromatic carbocycles. The molecule has 2 nitrogen and oxygen atoms in total. The molecular formula is C17H26N2S.